The molecular formula is C16H17ClFNO. The van der Waals surface area contributed by atoms with Crippen LogP contribution in [0.15, 0.2) is 48.5 Å². The van der Waals surface area contributed by atoms with Crippen molar-refractivity contribution in [2.75, 3.05) is 13.6 Å². The molecule has 0 aliphatic rings. The summed E-state index contributed by atoms with van der Waals surface area (Å²) in [6.45, 7) is 0.768. The molecule has 1 atom stereocenters. The largest absolute Gasteiger partial charge is 0.387 e. The zero-order valence-electron chi connectivity index (χ0n) is 11.3. The summed E-state index contributed by atoms with van der Waals surface area (Å²) >= 11 is 6.00. The molecular weight excluding hydrogens is 277 g/mol. The van der Waals surface area contributed by atoms with E-state index < -0.39 is 6.10 Å². The molecule has 0 heterocycles. The first-order valence-corrected chi connectivity index (χ1v) is 6.80. The molecule has 4 heteroatoms. The van der Waals surface area contributed by atoms with Gasteiger partial charge in [-0.15, -0.1) is 0 Å². The van der Waals surface area contributed by atoms with Crippen LogP contribution < -0.4 is 0 Å². The fourth-order valence-corrected chi connectivity index (χ4v) is 2.32. The van der Waals surface area contributed by atoms with Crippen molar-refractivity contribution in [1.29, 1.82) is 0 Å². The summed E-state index contributed by atoms with van der Waals surface area (Å²) in [5.74, 6) is -0.321. The predicted octanol–water partition coefficient (Wildman–Crippen LogP) is 3.64. The molecule has 0 aromatic heterocycles. The average molecular weight is 294 g/mol. The number of aliphatic hydroxyl groups excluding tert-OH is 1. The Morgan fingerprint density at radius 3 is 2.50 bits per heavy atom. The van der Waals surface area contributed by atoms with Crippen molar-refractivity contribution in [3.05, 3.63) is 70.5 Å². The summed E-state index contributed by atoms with van der Waals surface area (Å²) in [7, 11) is 1.83. The fourth-order valence-electron chi connectivity index (χ4n) is 2.09. The number of rotatable bonds is 5. The molecule has 0 aliphatic heterocycles. The zero-order chi connectivity index (χ0) is 14.5. The lowest BCUT2D eigenvalue weighted by molar-refractivity contribution is 0.123. The highest BCUT2D eigenvalue weighted by molar-refractivity contribution is 6.31. The van der Waals surface area contributed by atoms with Crippen LogP contribution in [0.4, 0.5) is 4.39 Å². The van der Waals surface area contributed by atoms with E-state index in [1.54, 1.807) is 12.1 Å². The maximum atomic E-state index is 13.7. The standard InChI is InChI=1S/C16H17ClFNO/c1-19(10-13-14(17)8-5-9-15(13)18)11-16(20)12-6-3-2-4-7-12/h2-9,16,20H,10-11H2,1H3. The molecule has 2 aromatic rings. The van der Waals surface area contributed by atoms with E-state index in [1.165, 1.54) is 6.07 Å². The van der Waals surface area contributed by atoms with E-state index in [-0.39, 0.29) is 5.82 Å². The van der Waals surface area contributed by atoms with Crippen LogP contribution in [0.3, 0.4) is 0 Å². The van der Waals surface area contributed by atoms with Crippen molar-refractivity contribution >= 4 is 11.6 Å². The Kier molecular flexibility index (Phi) is 5.12. The van der Waals surface area contributed by atoms with Crippen molar-refractivity contribution in [3.8, 4) is 0 Å². The Bertz CT molecular complexity index is 541. The van der Waals surface area contributed by atoms with Crippen molar-refractivity contribution in [3.63, 3.8) is 0 Å². The van der Waals surface area contributed by atoms with Gasteiger partial charge in [-0.3, -0.25) is 4.90 Å². The highest BCUT2D eigenvalue weighted by Crippen LogP contribution is 2.21. The number of benzene rings is 2. The van der Waals surface area contributed by atoms with Gasteiger partial charge in [0, 0.05) is 23.7 Å². The highest BCUT2D eigenvalue weighted by Gasteiger charge is 2.14. The SMILES string of the molecule is CN(Cc1c(F)cccc1Cl)CC(O)c1ccccc1. The van der Waals surface area contributed by atoms with Gasteiger partial charge in [0.25, 0.3) is 0 Å². The Balaban J connectivity index is 2.01. The molecule has 0 aliphatic carbocycles. The molecule has 1 N–H and O–H groups in total. The number of aliphatic hydroxyl groups is 1. The first kappa shape index (κ1) is 15.0. The lowest BCUT2D eigenvalue weighted by Gasteiger charge is -2.21. The normalized spacial score (nSPS) is 12.7. The van der Waals surface area contributed by atoms with Gasteiger partial charge in [-0.2, -0.15) is 0 Å². The first-order chi connectivity index (χ1) is 9.58. The number of nitrogens with zero attached hydrogens (tertiary/aromatic N) is 1. The van der Waals surface area contributed by atoms with Gasteiger partial charge in [-0.1, -0.05) is 48.0 Å². The predicted molar refractivity (Wildman–Crippen MR) is 79.1 cm³/mol. The molecule has 0 saturated heterocycles. The second-order valence-corrected chi connectivity index (χ2v) is 5.23. The Hall–Kier alpha value is -1.42. The Labute approximate surface area is 123 Å². The third-order valence-electron chi connectivity index (χ3n) is 3.16. The lowest BCUT2D eigenvalue weighted by atomic mass is 10.1. The molecule has 2 nitrogen and oxygen atoms in total. The molecule has 0 spiro atoms. The van der Waals surface area contributed by atoms with Crippen LogP contribution in [0.2, 0.25) is 5.02 Å². The van der Waals surface area contributed by atoms with Gasteiger partial charge in [0.2, 0.25) is 0 Å². The summed E-state index contributed by atoms with van der Waals surface area (Å²) in [5.41, 5.74) is 1.30. The van der Waals surface area contributed by atoms with Gasteiger partial charge >= 0.3 is 0 Å². The Morgan fingerprint density at radius 1 is 1.15 bits per heavy atom. The third kappa shape index (κ3) is 3.79. The van der Waals surface area contributed by atoms with E-state index >= 15 is 0 Å². The van der Waals surface area contributed by atoms with Crippen LogP contribution in [-0.4, -0.2) is 23.6 Å². The summed E-state index contributed by atoms with van der Waals surface area (Å²) < 4.78 is 13.7. The minimum Gasteiger partial charge on any atom is -0.387 e. The molecule has 106 valence electrons. The summed E-state index contributed by atoms with van der Waals surface area (Å²) in [5, 5.41) is 10.5. The smallest absolute Gasteiger partial charge is 0.129 e. The summed E-state index contributed by atoms with van der Waals surface area (Å²) in [6, 6.07) is 14.0. The zero-order valence-corrected chi connectivity index (χ0v) is 12.0. The van der Waals surface area contributed by atoms with Crippen LogP contribution in [-0.2, 0) is 6.54 Å². The minimum absolute atomic E-state index is 0.321. The second-order valence-electron chi connectivity index (χ2n) is 4.82. The fraction of sp³-hybridized carbons (Fsp3) is 0.250. The van der Waals surface area contributed by atoms with E-state index in [4.69, 9.17) is 11.6 Å². The second kappa shape index (κ2) is 6.84. The number of likely N-dealkylation sites (N-methyl/N-ethyl adjacent to an activating group) is 1. The van der Waals surface area contributed by atoms with Crippen molar-refractivity contribution in [1.82, 2.24) is 4.90 Å². The minimum atomic E-state index is -0.605. The molecule has 2 rings (SSSR count). The Morgan fingerprint density at radius 2 is 1.85 bits per heavy atom. The maximum Gasteiger partial charge on any atom is 0.129 e. The number of hydrogen-bond acceptors (Lipinski definition) is 2. The van der Waals surface area contributed by atoms with Gasteiger partial charge in [0.1, 0.15) is 5.82 Å². The molecule has 20 heavy (non-hydrogen) atoms. The number of hydrogen-bond donors (Lipinski definition) is 1. The van der Waals surface area contributed by atoms with Crippen molar-refractivity contribution in [2.24, 2.45) is 0 Å². The van der Waals surface area contributed by atoms with Crippen LogP contribution in [0, 0.1) is 5.82 Å². The first-order valence-electron chi connectivity index (χ1n) is 6.42. The lowest BCUT2D eigenvalue weighted by Crippen LogP contribution is -2.24. The molecule has 0 radical (unpaired) electrons. The van der Waals surface area contributed by atoms with Crippen LogP contribution in [0.25, 0.3) is 0 Å². The number of halogens is 2. The van der Waals surface area contributed by atoms with Crippen LogP contribution in [0.1, 0.15) is 17.2 Å². The van der Waals surface area contributed by atoms with E-state index in [9.17, 15) is 9.50 Å². The van der Waals surface area contributed by atoms with E-state index in [0.717, 1.165) is 5.56 Å². The summed E-state index contributed by atoms with van der Waals surface area (Å²) in [4.78, 5) is 1.85. The van der Waals surface area contributed by atoms with Gasteiger partial charge in [-0.25, -0.2) is 4.39 Å². The van der Waals surface area contributed by atoms with Crippen LogP contribution in [0.5, 0.6) is 0 Å². The average Bonchev–Trinajstić information content (AvgIpc) is 2.44. The molecule has 1 unspecified atom stereocenters. The molecule has 2 aromatic carbocycles. The quantitative estimate of drug-likeness (QED) is 0.910. The molecule has 0 fully saturated rings. The monoisotopic (exact) mass is 293 g/mol. The van der Waals surface area contributed by atoms with Gasteiger partial charge in [-0.05, 0) is 24.7 Å². The molecule has 0 amide bonds. The van der Waals surface area contributed by atoms with E-state index in [1.807, 2.05) is 42.3 Å². The molecule has 0 bridgehead atoms. The maximum absolute atomic E-state index is 13.7. The van der Waals surface area contributed by atoms with E-state index in [0.29, 0.717) is 23.7 Å². The van der Waals surface area contributed by atoms with Crippen molar-refractivity contribution < 1.29 is 9.50 Å². The highest BCUT2D eigenvalue weighted by atomic mass is 35.5. The van der Waals surface area contributed by atoms with Gasteiger partial charge in [0.05, 0.1) is 6.10 Å². The summed E-state index contributed by atoms with van der Waals surface area (Å²) in [6.07, 6.45) is -0.605. The van der Waals surface area contributed by atoms with Crippen LogP contribution >= 0.6 is 11.6 Å². The van der Waals surface area contributed by atoms with Gasteiger partial charge < -0.3 is 5.11 Å². The molecule has 0 saturated carbocycles. The van der Waals surface area contributed by atoms with Gasteiger partial charge in [0.15, 0.2) is 0 Å². The topological polar surface area (TPSA) is 23.5 Å². The third-order valence-corrected chi connectivity index (χ3v) is 3.51. The van der Waals surface area contributed by atoms with Crippen molar-refractivity contribution in [2.45, 2.75) is 12.6 Å². The van der Waals surface area contributed by atoms with E-state index in [2.05, 4.69) is 0 Å².